The van der Waals surface area contributed by atoms with Crippen molar-refractivity contribution >= 4 is 11.3 Å². The molecule has 1 aliphatic rings. The van der Waals surface area contributed by atoms with Crippen LogP contribution in [0.3, 0.4) is 0 Å². The zero-order valence-electron chi connectivity index (χ0n) is 5.53. The average molecular weight is 155 g/mol. The molecule has 0 spiro atoms. The van der Waals surface area contributed by atoms with Crippen LogP contribution in [0.4, 0.5) is 0 Å². The molecule has 10 heavy (non-hydrogen) atoms. The van der Waals surface area contributed by atoms with Gasteiger partial charge in [-0.25, -0.2) is 0 Å². The Morgan fingerprint density at radius 3 is 3.20 bits per heavy atom. The van der Waals surface area contributed by atoms with Crippen LogP contribution < -0.4 is 0 Å². The van der Waals surface area contributed by atoms with Gasteiger partial charge < -0.3 is 5.11 Å². The van der Waals surface area contributed by atoms with Crippen LogP contribution in [-0.4, -0.2) is 16.7 Å². The Morgan fingerprint density at radius 1 is 1.80 bits per heavy atom. The molecule has 1 saturated carbocycles. The number of aliphatic hydroxyl groups is 1. The number of aromatic nitrogens is 1. The molecule has 0 aromatic carbocycles. The zero-order valence-corrected chi connectivity index (χ0v) is 6.34. The Hall–Kier alpha value is -0.410. The normalized spacial score (nSPS) is 30.5. The number of nitrogens with zero attached hydrogens (tertiary/aromatic N) is 1. The SMILES string of the molecule is OCC1CC1c1cncs1. The highest BCUT2D eigenvalue weighted by Gasteiger charge is 2.38. The molecule has 0 amide bonds. The molecule has 0 aliphatic heterocycles. The van der Waals surface area contributed by atoms with Crippen LogP contribution in [0.25, 0.3) is 0 Å². The zero-order chi connectivity index (χ0) is 6.97. The van der Waals surface area contributed by atoms with E-state index in [2.05, 4.69) is 4.98 Å². The second-order valence-corrected chi connectivity index (χ2v) is 3.61. The average Bonchev–Trinajstić information content (AvgIpc) is 2.56. The second kappa shape index (κ2) is 2.32. The molecule has 54 valence electrons. The van der Waals surface area contributed by atoms with E-state index in [0.29, 0.717) is 18.4 Å². The summed E-state index contributed by atoms with van der Waals surface area (Å²) >= 11 is 1.69. The monoisotopic (exact) mass is 155 g/mol. The number of rotatable bonds is 2. The van der Waals surface area contributed by atoms with E-state index in [-0.39, 0.29) is 0 Å². The first-order valence-corrected chi connectivity index (χ1v) is 4.29. The Balaban J connectivity index is 2.05. The number of aliphatic hydroxyl groups excluding tert-OH is 1. The molecule has 0 bridgehead atoms. The van der Waals surface area contributed by atoms with Gasteiger partial charge in [0.05, 0.1) is 5.51 Å². The smallest absolute Gasteiger partial charge is 0.0794 e. The molecule has 1 aliphatic carbocycles. The second-order valence-electron chi connectivity index (χ2n) is 2.69. The highest BCUT2D eigenvalue weighted by Crippen LogP contribution is 2.48. The third-order valence-electron chi connectivity index (χ3n) is 1.97. The van der Waals surface area contributed by atoms with E-state index in [4.69, 9.17) is 5.11 Å². The maximum Gasteiger partial charge on any atom is 0.0794 e. The summed E-state index contributed by atoms with van der Waals surface area (Å²) in [6.07, 6.45) is 3.06. The molecule has 2 nitrogen and oxygen atoms in total. The lowest BCUT2D eigenvalue weighted by molar-refractivity contribution is 0.274. The van der Waals surface area contributed by atoms with E-state index >= 15 is 0 Å². The van der Waals surface area contributed by atoms with E-state index in [1.165, 1.54) is 4.88 Å². The number of thiazole rings is 1. The summed E-state index contributed by atoms with van der Waals surface area (Å²) in [5, 5.41) is 8.76. The maximum absolute atomic E-state index is 8.76. The lowest BCUT2D eigenvalue weighted by atomic mass is 10.3. The summed E-state index contributed by atoms with van der Waals surface area (Å²) in [6, 6.07) is 0. The van der Waals surface area contributed by atoms with Gasteiger partial charge in [-0.05, 0) is 12.3 Å². The van der Waals surface area contributed by atoms with Gasteiger partial charge in [0, 0.05) is 23.6 Å². The van der Waals surface area contributed by atoms with Gasteiger partial charge in [-0.2, -0.15) is 0 Å². The molecule has 2 atom stereocenters. The minimum atomic E-state index is 0.336. The quantitative estimate of drug-likeness (QED) is 0.697. The molecule has 1 aromatic rings. The molecular formula is C7H9NOS. The fraction of sp³-hybridized carbons (Fsp3) is 0.571. The van der Waals surface area contributed by atoms with Crippen molar-refractivity contribution < 1.29 is 5.11 Å². The lowest BCUT2D eigenvalue weighted by Crippen LogP contribution is -1.85. The molecule has 2 unspecified atom stereocenters. The Kier molecular flexibility index (Phi) is 1.47. The van der Waals surface area contributed by atoms with E-state index in [1.807, 2.05) is 11.7 Å². The van der Waals surface area contributed by atoms with Gasteiger partial charge in [-0.1, -0.05) is 0 Å². The van der Waals surface area contributed by atoms with Gasteiger partial charge in [0.25, 0.3) is 0 Å². The predicted molar refractivity (Wildman–Crippen MR) is 40.0 cm³/mol. The van der Waals surface area contributed by atoms with Crippen LogP contribution in [0.2, 0.25) is 0 Å². The van der Waals surface area contributed by atoms with Gasteiger partial charge in [0.2, 0.25) is 0 Å². The van der Waals surface area contributed by atoms with Crippen molar-refractivity contribution in [1.82, 2.24) is 4.98 Å². The van der Waals surface area contributed by atoms with Crippen molar-refractivity contribution in [2.75, 3.05) is 6.61 Å². The number of hydrogen-bond donors (Lipinski definition) is 1. The summed E-state index contributed by atoms with van der Waals surface area (Å²) in [4.78, 5) is 5.32. The molecule has 0 saturated heterocycles. The molecule has 1 heterocycles. The summed E-state index contributed by atoms with van der Waals surface area (Å²) < 4.78 is 0. The largest absolute Gasteiger partial charge is 0.396 e. The standard InChI is InChI=1S/C7H9NOS/c9-3-5-1-6(5)7-2-8-4-10-7/h2,4-6,9H,1,3H2. The Bertz CT molecular complexity index is 209. The van der Waals surface area contributed by atoms with Crippen LogP contribution in [0.5, 0.6) is 0 Å². The number of hydrogen-bond acceptors (Lipinski definition) is 3. The topological polar surface area (TPSA) is 33.1 Å². The molecule has 1 aromatic heterocycles. The summed E-state index contributed by atoms with van der Waals surface area (Å²) in [5.74, 6) is 1.15. The fourth-order valence-electron chi connectivity index (χ4n) is 1.21. The van der Waals surface area contributed by atoms with Crippen molar-refractivity contribution in [3.63, 3.8) is 0 Å². The Labute approximate surface area is 63.5 Å². The van der Waals surface area contributed by atoms with Crippen LogP contribution in [0, 0.1) is 5.92 Å². The highest BCUT2D eigenvalue weighted by molar-refractivity contribution is 7.09. The van der Waals surface area contributed by atoms with Gasteiger partial charge in [-0.15, -0.1) is 11.3 Å². The summed E-state index contributed by atoms with van der Waals surface area (Å²) in [7, 11) is 0. The minimum Gasteiger partial charge on any atom is -0.396 e. The van der Waals surface area contributed by atoms with E-state index < -0.39 is 0 Å². The third-order valence-corrected chi connectivity index (χ3v) is 2.88. The first-order chi connectivity index (χ1) is 4.92. The minimum absolute atomic E-state index is 0.336. The highest BCUT2D eigenvalue weighted by atomic mass is 32.1. The van der Waals surface area contributed by atoms with Crippen molar-refractivity contribution in [1.29, 1.82) is 0 Å². The van der Waals surface area contributed by atoms with Crippen molar-refractivity contribution in [3.8, 4) is 0 Å². The van der Waals surface area contributed by atoms with E-state index in [1.54, 1.807) is 11.3 Å². The van der Waals surface area contributed by atoms with Crippen molar-refractivity contribution in [3.05, 3.63) is 16.6 Å². The van der Waals surface area contributed by atoms with Gasteiger partial charge >= 0.3 is 0 Å². The third kappa shape index (κ3) is 0.954. The fourth-order valence-corrected chi connectivity index (χ4v) is 2.04. The van der Waals surface area contributed by atoms with Crippen LogP contribution >= 0.6 is 11.3 Å². The van der Waals surface area contributed by atoms with Crippen LogP contribution in [0.1, 0.15) is 17.2 Å². The predicted octanol–water partition coefficient (Wildman–Crippen LogP) is 1.24. The first-order valence-electron chi connectivity index (χ1n) is 3.41. The summed E-state index contributed by atoms with van der Waals surface area (Å²) in [5.41, 5.74) is 1.85. The Morgan fingerprint density at radius 2 is 2.70 bits per heavy atom. The van der Waals surface area contributed by atoms with Crippen molar-refractivity contribution in [2.45, 2.75) is 12.3 Å². The molecule has 3 heteroatoms. The van der Waals surface area contributed by atoms with Crippen LogP contribution in [-0.2, 0) is 0 Å². The molecule has 2 rings (SSSR count). The first kappa shape index (κ1) is 6.31. The van der Waals surface area contributed by atoms with E-state index in [0.717, 1.165) is 6.42 Å². The van der Waals surface area contributed by atoms with Gasteiger partial charge in [0.1, 0.15) is 0 Å². The molecule has 1 N–H and O–H groups in total. The molecular weight excluding hydrogens is 146 g/mol. The summed E-state index contributed by atoms with van der Waals surface area (Å²) in [6.45, 7) is 0.336. The van der Waals surface area contributed by atoms with E-state index in [9.17, 15) is 0 Å². The lowest BCUT2D eigenvalue weighted by Gasteiger charge is -1.88. The molecule has 1 fully saturated rings. The van der Waals surface area contributed by atoms with Gasteiger partial charge in [-0.3, -0.25) is 4.98 Å². The van der Waals surface area contributed by atoms with Crippen molar-refractivity contribution in [2.24, 2.45) is 5.92 Å². The molecule has 0 radical (unpaired) electrons. The maximum atomic E-state index is 8.76. The van der Waals surface area contributed by atoms with Crippen LogP contribution in [0.15, 0.2) is 11.7 Å². The van der Waals surface area contributed by atoms with Gasteiger partial charge in [0.15, 0.2) is 0 Å².